The van der Waals surface area contributed by atoms with Crippen LogP contribution in [-0.4, -0.2) is 6.61 Å². The Morgan fingerprint density at radius 2 is 2.33 bits per heavy atom. The molecule has 62 valence electrons. The maximum atomic E-state index is 5.17. The molecule has 0 aliphatic heterocycles. The quantitative estimate of drug-likeness (QED) is 0.567. The highest BCUT2D eigenvalue weighted by Gasteiger charge is 1.92. The van der Waals surface area contributed by atoms with Crippen LogP contribution in [0, 0.1) is 12.3 Å². The zero-order valence-corrected chi connectivity index (χ0v) is 8.17. The van der Waals surface area contributed by atoms with Crippen molar-refractivity contribution in [1.29, 1.82) is 0 Å². The summed E-state index contributed by atoms with van der Waals surface area (Å²) in [5, 5.41) is 0. The van der Waals surface area contributed by atoms with Gasteiger partial charge in [0.2, 0.25) is 0 Å². The fraction of sp³-hybridized carbons (Fsp3) is 0.200. The van der Waals surface area contributed by atoms with Crippen molar-refractivity contribution in [2.75, 3.05) is 6.61 Å². The topological polar surface area (TPSA) is 9.23 Å². The van der Waals surface area contributed by atoms with Crippen LogP contribution in [-0.2, 0) is 11.3 Å². The van der Waals surface area contributed by atoms with E-state index in [1.807, 2.05) is 24.3 Å². The van der Waals surface area contributed by atoms with E-state index in [1.54, 1.807) is 0 Å². The maximum absolute atomic E-state index is 5.17. The van der Waals surface area contributed by atoms with E-state index in [0.717, 1.165) is 10.0 Å². The number of benzene rings is 1. The second-order valence-electron chi connectivity index (χ2n) is 2.33. The molecule has 0 saturated heterocycles. The average molecular weight is 225 g/mol. The van der Waals surface area contributed by atoms with Crippen LogP contribution < -0.4 is 0 Å². The second kappa shape index (κ2) is 4.97. The molecule has 1 rings (SSSR count). The molecular weight excluding hydrogens is 216 g/mol. The molecule has 0 aliphatic rings. The van der Waals surface area contributed by atoms with Crippen LogP contribution in [0.15, 0.2) is 28.7 Å². The third-order valence-electron chi connectivity index (χ3n) is 1.34. The van der Waals surface area contributed by atoms with Crippen molar-refractivity contribution in [3.8, 4) is 12.3 Å². The molecule has 0 heterocycles. The molecule has 0 fully saturated rings. The van der Waals surface area contributed by atoms with Crippen LogP contribution in [0.5, 0.6) is 0 Å². The first-order chi connectivity index (χ1) is 5.83. The molecule has 0 spiro atoms. The lowest BCUT2D eigenvalue weighted by Gasteiger charge is -2.00. The van der Waals surface area contributed by atoms with Gasteiger partial charge >= 0.3 is 0 Å². The molecule has 0 aromatic heterocycles. The lowest BCUT2D eigenvalue weighted by molar-refractivity contribution is 0.153. The molecule has 0 bridgehead atoms. The van der Waals surface area contributed by atoms with Crippen molar-refractivity contribution in [2.45, 2.75) is 6.61 Å². The zero-order chi connectivity index (χ0) is 8.81. The largest absolute Gasteiger partial charge is 0.364 e. The van der Waals surface area contributed by atoms with Gasteiger partial charge in [0.1, 0.15) is 6.61 Å². The minimum absolute atomic E-state index is 0.368. The third-order valence-corrected chi connectivity index (χ3v) is 1.84. The Morgan fingerprint density at radius 3 is 3.00 bits per heavy atom. The Labute approximate surface area is 80.9 Å². The fourth-order valence-corrected chi connectivity index (χ4v) is 1.30. The van der Waals surface area contributed by atoms with Crippen molar-refractivity contribution < 1.29 is 4.74 Å². The van der Waals surface area contributed by atoms with Crippen LogP contribution in [0.3, 0.4) is 0 Å². The summed E-state index contributed by atoms with van der Waals surface area (Å²) in [6, 6.07) is 7.96. The Hall–Kier alpha value is -0.780. The highest BCUT2D eigenvalue weighted by Crippen LogP contribution is 2.11. The molecular formula is C10H9BrO. The summed E-state index contributed by atoms with van der Waals surface area (Å²) in [5.41, 5.74) is 1.12. The molecule has 0 radical (unpaired) electrons. The number of rotatable bonds is 3. The van der Waals surface area contributed by atoms with Crippen molar-refractivity contribution in [3.05, 3.63) is 34.3 Å². The van der Waals surface area contributed by atoms with Crippen molar-refractivity contribution in [1.82, 2.24) is 0 Å². The number of ether oxygens (including phenoxy) is 1. The van der Waals surface area contributed by atoms with E-state index in [1.165, 1.54) is 0 Å². The van der Waals surface area contributed by atoms with Crippen molar-refractivity contribution in [3.63, 3.8) is 0 Å². The zero-order valence-electron chi connectivity index (χ0n) is 6.59. The van der Waals surface area contributed by atoms with Gasteiger partial charge < -0.3 is 4.74 Å². The summed E-state index contributed by atoms with van der Waals surface area (Å²) < 4.78 is 6.23. The number of hydrogen-bond acceptors (Lipinski definition) is 1. The van der Waals surface area contributed by atoms with Crippen molar-refractivity contribution >= 4 is 15.9 Å². The van der Waals surface area contributed by atoms with E-state index in [-0.39, 0.29) is 0 Å². The summed E-state index contributed by atoms with van der Waals surface area (Å²) >= 11 is 3.38. The third kappa shape index (κ3) is 3.08. The monoisotopic (exact) mass is 224 g/mol. The molecule has 0 unspecified atom stereocenters. The highest BCUT2D eigenvalue weighted by atomic mass is 79.9. The van der Waals surface area contributed by atoms with Crippen LogP contribution >= 0.6 is 15.9 Å². The van der Waals surface area contributed by atoms with E-state index in [0.29, 0.717) is 13.2 Å². The first kappa shape index (κ1) is 9.31. The van der Waals surface area contributed by atoms with E-state index in [2.05, 4.69) is 21.9 Å². The average Bonchev–Trinajstić information content (AvgIpc) is 2.05. The van der Waals surface area contributed by atoms with E-state index in [4.69, 9.17) is 11.2 Å². The van der Waals surface area contributed by atoms with Gasteiger partial charge in [-0.1, -0.05) is 34.0 Å². The molecule has 0 aliphatic carbocycles. The Bertz CT molecular complexity index is 288. The first-order valence-electron chi connectivity index (χ1n) is 3.58. The van der Waals surface area contributed by atoms with Gasteiger partial charge in [0, 0.05) is 4.47 Å². The van der Waals surface area contributed by atoms with Crippen LogP contribution in [0.4, 0.5) is 0 Å². The van der Waals surface area contributed by atoms with Crippen LogP contribution in [0.1, 0.15) is 5.56 Å². The van der Waals surface area contributed by atoms with E-state index in [9.17, 15) is 0 Å². The van der Waals surface area contributed by atoms with Crippen LogP contribution in [0.25, 0.3) is 0 Å². The Morgan fingerprint density at radius 1 is 1.50 bits per heavy atom. The molecule has 2 heteroatoms. The standard InChI is InChI=1S/C10H9BrO/c1-2-6-12-8-9-4-3-5-10(11)7-9/h1,3-5,7H,6,8H2. The smallest absolute Gasteiger partial charge is 0.107 e. The van der Waals surface area contributed by atoms with Gasteiger partial charge in [0.05, 0.1) is 6.61 Å². The normalized spacial score (nSPS) is 9.33. The predicted molar refractivity (Wildman–Crippen MR) is 52.6 cm³/mol. The summed E-state index contributed by atoms with van der Waals surface area (Å²) in [6.45, 7) is 0.941. The van der Waals surface area contributed by atoms with E-state index < -0.39 is 0 Å². The van der Waals surface area contributed by atoms with Crippen molar-refractivity contribution in [2.24, 2.45) is 0 Å². The lowest BCUT2D eigenvalue weighted by atomic mass is 10.2. The lowest BCUT2D eigenvalue weighted by Crippen LogP contribution is -1.92. The van der Waals surface area contributed by atoms with Gasteiger partial charge in [0.25, 0.3) is 0 Å². The van der Waals surface area contributed by atoms with Crippen LogP contribution in [0.2, 0.25) is 0 Å². The SMILES string of the molecule is C#CCOCc1cccc(Br)c1. The van der Waals surface area contributed by atoms with Gasteiger partial charge in [-0.05, 0) is 17.7 Å². The minimum Gasteiger partial charge on any atom is -0.364 e. The second-order valence-corrected chi connectivity index (χ2v) is 3.24. The summed E-state index contributed by atoms with van der Waals surface area (Å²) in [5.74, 6) is 2.42. The number of hydrogen-bond donors (Lipinski definition) is 0. The minimum atomic E-state index is 0.368. The highest BCUT2D eigenvalue weighted by molar-refractivity contribution is 9.10. The molecule has 0 atom stereocenters. The number of terminal acetylenes is 1. The summed E-state index contributed by atoms with van der Waals surface area (Å²) in [7, 11) is 0. The Kier molecular flexibility index (Phi) is 3.86. The molecule has 12 heavy (non-hydrogen) atoms. The van der Waals surface area contributed by atoms with Gasteiger partial charge in [0.15, 0.2) is 0 Å². The van der Waals surface area contributed by atoms with Gasteiger partial charge in [-0.15, -0.1) is 6.42 Å². The molecule has 0 amide bonds. The Balaban J connectivity index is 2.48. The predicted octanol–water partition coefficient (Wildman–Crippen LogP) is 2.60. The first-order valence-corrected chi connectivity index (χ1v) is 4.38. The van der Waals surface area contributed by atoms with Gasteiger partial charge in [-0.2, -0.15) is 0 Å². The van der Waals surface area contributed by atoms with E-state index >= 15 is 0 Å². The molecule has 0 N–H and O–H groups in total. The molecule has 1 nitrogen and oxygen atoms in total. The molecule has 0 saturated carbocycles. The maximum Gasteiger partial charge on any atom is 0.107 e. The van der Waals surface area contributed by atoms with Gasteiger partial charge in [-0.3, -0.25) is 0 Å². The van der Waals surface area contributed by atoms with Gasteiger partial charge in [-0.25, -0.2) is 0 Å². The molecule has 1 aromatic carbocycles. The number of halogens is 1. The fourth-order valence-electron chi connectivity index (χ4n) is 0.855. The summed E-state index contributed by atoms with van der Waals surface area (Å²) in [6.07, 6.45) is 5.04. The summed E-state index contributed by atoms with van der Waals surface area (Å²) in [4.78, 5) is 0. The molecule has 1 aromatic rings.